The molecule has 0 aromatic heterocycles. The Kier molecular flexibility index (Phi) is 4.56. The average Bonchev–Trinajstić information content (AvgIpc) is 2.42. The number of hydrogen-bond donors (Lipinski definition) is 1. The van der Waals surface area contributed by atoms with Crippen molar-refractivity contribution >= 4 is 5.69 Å². The van der Waals surface area contributed by atoms with Gasteiger partial charge < -0.3 is 10.1 Å². The fourth-order valence-corrected chi connectivity index (χ4v) is 1.93. The molecule has 0 bridgehead atoms. The molecule has 2 nitrogen and oxygen atoms in total. The predicted molar refractivity (Wildman–Crippen MR) is 76.0 cm³/mol. The van der Waals surface area contributed by atoms with Crippen molar-refractivity contribution in [3.63, 3.8) is 0 Å². The summed E-state index contributed by atoms with van der Waals surface area (Å²) in [7, 11) is 0. The van der Waals surface area contributed by atoms with Gasteiger partial charge in [0.1, 0.15) is 5.75 Å². The molecule has 0 spiro atoms. The fraction of sp³-hybridized carbons (Fsp3) is 0.250. The number of benzene rings is 2. The molecule has 0 aliphatic carbocycles. The molecule has 0 saturated carbocycles. The number of hydrogen-bond acceptors (Lipinski definition) is 2. The summed E-state index contributed by atoms with van der Waals surface area (Å²) in [6.07, 6.45) is 0. The van der Waals surface area contributed by atoms with Gasteiger partial charge >= 0.3 is 0 Å². The third kappa shape index (κ3) is 3.26. The van der Waals surface area contributed by atoms with E-state index in [2.05, 4.69) is 5.32 Å². The summed E-state index contributed by atoms with van der Waals surface area (Å²) in [4.78, 5) is 0. The van der Waals surface area contributed by atoms with E-state index in [1.165, 1.54) is 6.07 Å². The van der Waals surface area contributed by atoms with Crippen LogP contribution in [-0.4, -0.2) is 6.61 Å². The van der Waals surface area contributed by atoms with Gasteiger partial charge in [-0.2, -0.15) is 0 Å². The lowest BCUT2D eigenvalue weighted by Crippen LogP contribution is -2.05. The van der Waals surface area contributed by atoms with Gasteiger partial charge in [0.25, 0.3) is 0 Å². The van der Waals surface area contributed by atoms with Gasteiger partial charge in [0.15, 0.2) is 11.6 Å². The minimum Gasteiger partial charge on any atom is -0.492 e. The van der Waals surface area contributed by atoms with E-state index in [9.17, 15) is 8.78 Å². The van der Waals surface area contributed by atoms with Crippen molar-refractivity contribution in [2.24, 2.45) is 0 Å². The summed E-state index contributed by atoms with van der Waals surface area (Å²) in [5.74, 6) is -0.937. The number of nitrogens with one attached hydrogen (secondary N) is 1. The molecule has 2 aromatic carbocycles. The molecular weight excluding hydrogens is 260 g/mol. The third-order valence-electron chi connectivity index (χ3n) is 2.94. The van der Waals surface area contributed by atoms with E-state index in [1.807, 2.05) is 32.0 Å². The Morgan fingerprint density at radius 2 is 1.95 bits per heavy atom. The van der Waals surface area contributed by atoms with Crippen LogP contribution in [0.25, 0.3) is 0 Å². The molecule has 1 N–H and O–H groups in total. The van der Waals surface area contributed by atoms with E-state index in [1.54, 1.807) is 6.07 Å². The monoisotopic (exact) mass is 277 g/mol. The topological polar surface area (TPSA) is 21.3 Å². The zero-order valence-corrected chi connectivity index (χ0v) is 11.5. The Bertz CT molecular complexity index is 599. The molecule has 0 aliphatic heterocycles. The van der Waals surface area contributed by atoms with Crippen LogP contribution in [-0.2, 0) is 6.54 Å². The van der Waals surface area contributed by atoms with Gasteiger partial charge in [-0.15, -0.1) is 0 Å². The summed E-state index contributed by atoms with van der Waals surface area (Å²) in [5, 5.41) is 3.08. The summed E-state index contributed by atoms with van der Waals surface area (Å²) in [6, 6.07) is 9.88. The van der Waals surface area contributed by atoms with Gasteiger partial charge in [0.05, 0.1) is 12.3 Å². The quantitative estimate of drug-likeness (QED) is 0.880. The second-order valence-corrected chi connectivity index (χ2v) is 4.50. The maximum Gasteiger partial charge on any atom is 0.163 e. The van der Waals surface area contributed by atoms with Gasteiger partial charge in [0, 0.05) is 12.1 Å². The third-order valence-corrected chi connectivity index (χ3v) is 2.94. The van der Waals surface area contributed by atoms with Crippen molar-refractivity contribution in [2.75, 3.05) is 11.9 Å². The van der Waals surface area contributed by atoms with Crippen LogP contribution in [0.15, 0.2) is 36.4 Å². The van der Waals surface area contributed by atoms with Crippen molar-refractivity contribution < 1.29 is 13.5 Å². The highest BCUT2D eigenvalue weighted by atomic mass is 19.2. The number of halogens is 2. The lowest BCUT2D eigenvalue weighted by atomic mass is 10.1. The maximum absolute atomic E-state index is 13.6. The van der Waals surface area contributed by atoms with E-state index in [-0.39, 0.29) is 12.1 Å². The average molecular weight is 277 g/mol. The molecule has 4 heteroatoms. The molecule has 0 unspecified atom stereocenters. The standard InChI is InChI=1S/C16H17F2NO/c1-3-20-15-9-11(2)7-8-14(15)19-10-12-5-4-6-13(17)16(12)18/h4-9,19H,3,10H2,1-2H3. The smallest absolute Gasteiger partial charge is 0.163 e. The molecule has 2 rings (SSSR count). The molecule has 2 aromatic rings. The first-order valence-corrected chi connectivity index (χ1v) is 6.52. The molecule has 0 aliphatic rings. The van der Waals surface area contributed by atoms with Gasteiger partial charge in [-0.25, -0.2) is 8.78 Å². The Labute approximate surface area is 117 Å². The van der Waals surface area contributed by atoms with Gasteiger partial charge in [-0.05, 0) is 37.6 Å². The van der Waals surface area contributed by atoms with E-state index < -0.39 is 11.6 Å². The van der Waals surface area contributed by atoms with E-state index >= 15 is 0 Å². The fourth-order valence-electron chi connectivity index (χ4n) is 1.93. The summed E-state index contributed by atoms with van der Waals surface area (Å²) in [6.45, 7) is 4.62. The normalized spacial score (nSPS) is 10.4. The highest BCUT2D eigenvalue weighted by Gasteiger charge is 2.09. The van der Waals surface area contributed by atoms with Gasteiger partial charge in [-0.3, -0.25) is 0 Å². The maximum atomic E-state index is 13.6. The van der Waals surface area contributed by atoms with Gasteiger partial charge in [-0.1, -0.05) is 18.2 Å². The number of anilines is 1. The summed E-state index contributed by atoms with van der Waals surface area (Å²) < 4.78 is 32.2. The number of ether oxygens (including phenoxy) is 1. The highest BCUT2D eigenvalue weighted by Crippen LogP contribution is 2.26. The van der Waals surface area contributed by atoms with Crippen LogP contribution in [0.1, 0.15) is 18.1 Å². The Morgan fingerprint density at radius 1 is 1.15 bits per heavy atom. The van der Waals surface area contributed by atoms with Crippen LogP contribution in [0.5, 0.6) is 5.75 Å². The minimum atomic E-state index is -0.835. The van der Waals surface area contributed by atoms with Crippen molar-refractivity contribution in [3.05, 3.63) is 59.2 Å². The molecular formula is C16H17F2NO. The lowest BCUT2D eigenvalue weighted by molar-refractivity contribution is 0.341. The number of rotatable bonds is 5. The Morgan fingerprint density at radius 3 is 2.70 bits per heavy atom. The van der Waals surface area contributed by atoms with Crippen molar-refractivity contribution in [2.45, 2.75) is 20.4 Å². The van der Waals surface area contributed by atoms with Crippen LogP contribution in [0.2, 0.25) is 0 Å². The van der Waals surface area contributed by atoms with Gasteiger partial charge in [0.2, 0.25) is 0 Å². The lowest BCUT2D eigenvalue weighted by Gasteiger charge is -2.13. The van der Waals surface area contributed by atoms with Crippen molar-refractivity contribution in [3.8, 4) is 5.75 Å². The van der Waals surface area contributed by atoms with Crippen LogP contribution in [0, 0.1) is 18.6 Å². The molecule has 0 amide bonds. The minimum absolute atomic E-state index is 0.201. The van der Waals surface area contributed by atoms with Crippen molar-refractivity contribution in [1.82, 2.24) is 0 Å². The van der Waals surface area contributed by atoms with Crippen molar-refractivity contribution in [1.29, 1.82) is 0 Å². The zero-order chi connectivity index (χ0) is 14.5. The predicted octanol–water partition coefficient (Wildman–Crippen LogP) is 4.28. The van der Waals surface area contributed by atoms with E-state index in [0.29, 0.717) is 12.4 Å². The first-order valence-electron chi connectivity index (χ1n) is 6.52. The SMILES string of the molecule is CCOc1cc(C)ccc1NCc1cccc(F)c1F. The molecule has 0 saturated heterocycles. The van der Waals surface area contributed by atoms with E-state index in [4.69, 9.17) is 4.74 Å². The second-order valence-electron chi connectivity index (χ2n) is 4.50. The molecule has 0 radical (unpaired) electrons. The van der Waals surface area contributed by atoms with Crippen LogP contribution < -0.4 is 10.1 Å². The molecule has 106 valence electrons. The summed E-state index contributed by atoms with van der Waals surface area (Å²) >= 11 is 0. The molecule has 0 fully saturated rings. The van der Waals surface area contributed by atoms with Crippen LogP contribution in [0.4, 0.5) is 14.5 Å². The first-order chi connectivity index (χ1) is 9.61. The van der Waals surface area contributed by atoms with Crippen LogP contribution in [0.3, 0.4) is 0 Å². The zero-order valence-electron chi connectivity index (χ0n) is 11.5. The second kappa shape index (κ2) is 6.37. The largest absolute Gasteiger partial charge is 0.492 e. The van der Waals surface area contributed by atoms with E-state index in [0.717, 1.165) is 17.3 Å². The van der Waals surface area contributed by atoms with Crippen LogP contribution >= 0.6 is 0 Å². The molecule has 0 atom stereocenters. The number of aryl methyl sites for hydroxylation is 1. The summed E-state index contributed by atoms with van der Waals surface area (Å²) in [5.41, 5.74) is 2.13. The molecule has 20 heavy (non-hydrogen) atoms. The Balaban J connectivity index is 2.16. The Hall–Kier alpha value is -2.10. The highest BCUT2D eigenvalue weighted by molar-refractivity contribution is 5.57. The molecule has 0 heterocycles. The first kappa shape index (κ1) is 14.3.